The summed E-state index contributed by atoms with van der Waals surface area (Å²) in [6, 6.07) is 34.8. The van der Waals surface area contributed by atoms with Gasteiger partial charge in [0.15, 0.2) is 0 Å². The first kappa shape index (κ1) is 37.5. The predicted octanol–water partition coefficient (Wildman–Crippen LogP) is 8.19. The van der Waals surface area contributed by atoms with Gasteiger partial charge in [-0.25, -0.2) is 28.1 Å². The van der Waals surface area contributed by atoms with E-state index >= 15 is 0 Å². The number of carbonyl (C=O) groups excluding carboxylic acids is 3. The molecular weight excluding hydrogens is 805 g/mol. The smallest absolute Gasteiger partial charge is 0.141 e. The zero-order valence-electron chi connectivity index (χ0n) is 25.3. The third-order valence-corrected chi connectivity index (χ3v) is 6.79. The number of hydrogen-bond donors (Lipinski definition) is 0. The van der Waals surface area contributed by atoms with Crippen molar-refractivity contribution in [2.45, 2.75) is 0 Å². The molecule has 0 fully saturated rings. The Balaban J connectivity index is 0.000000882. The average Bonchev–Trinajstić information content (AvgIpc) is 3.14. The van der Waals surface area contributed by atoms with Crippen LogP contribution in [0.5, 0.6) is 0 Å². The SMILES string of the molecule is Fc1ccc(N2c3cccc(n3)N(c3ccc(F)cc3)c3cccc(n3)N(c3ccc(F)cc3)c3cccc2n3)cc1.[CH-]=O.[CH-]=O.[CH-]=O.[W]. The zero-order chi connectivity index (χ0) is 34.6. The van der Waals surface area contributed by atoms with Gasteiger partial charge < -0.3 is 14.4 Å². The number of pyridine rings is 3. The molecule has 6 bridgehead atoms. The first-order chi connectivity index (χ1) is 23.5. The second-order valence-corrected chi connectivity index (χ2v) is 9.50. The molecule has 4 heterocycles. The number of anilines is 9. The number of fused-ring (bicyclic) bond motifs is 6. The Morgan fingerprint density at radius 1 is 0.347 bits per heavy atom. The first-order valence-corrected chi connectivity index (χ1v) is 13.8. The van der Waals surface area contributed by atoms with Gasteiger partial charge in [0.25, 0.3) is 0 Å². The Bertz CT molecular complexity index is 1670. The number of rotatable bonds is 3. The molecule has 3 aromatic carbocycles. The van der Waals surface area contributed by atoms with Gasteiger partial charge in [-0.3, -0.25) is 35.1 Å². The molecule has 0 amide bonds. The molecule has 1 aliphatic rings. The Morgan fingerprint density at radius 3 is 0.714 bits per heavy atom. The molecule has 9 nitrogen and oxygen atoms in total. The summed E-state index contributed by atoms with van der Waals surface area (Å²) in [5, 5.41) is 0. The molecule has 0 radical (unpaired) electrons. The van der Waals surface area contributed by atoms with Crippen molar-refractivity contribution in [3.05, 3.63) is 145 Å². The topological polar surface area (TPSA) is 99.6 Å². The minimum atomic E-state index is -0.369. The fourth-order valence-electron chi connectivity index (χ4n) is 4.90. The molecule has 0 N–H and O–H groups in total. The molecule has 0 saturated carbocycles. The van der Waals surface area contributed by atoms with Crippen LogP contribution in [0, 0.1) is 17.5 Å². The van der Waals surface area contributed by atoms with E-state index in [9.17, 15) is 13.2 Å². The third kappa shape index (κ3) is 8.30. The summed E-state index contributed by atoms with van der Waals surface area (Å²) >= 11 is 0. The van der Waals surface area contributed by atoms with Crippen LogP contribution in [0.15, 0.2) is 127 Å². The minimum absolute atomic E-state index is 0. The fourth-order valence-corrected chi connectivity index (χ4v) is 4.90. The van der Waals surface area contributed by atoms with Crippen molar-refractivity contribution in [1.82, 2.24) is 15.0 Å². The van der Waals surface area contributed by atoms with E-state index in [4.69, 9.17) is 29.3 Å². The molecule has 7 rings (SSSR count). The Kier molecular flexibility index (Phi) is 13.6. The van der Waals surface area contributed by atoms with Gasteiger partial charge in [0, 0.05) is 38.1 Å². The van der Waals surface area contributed by atoms with E-state index in [0.29, 0.717) is 52.0 Å². The molecule has 49 heavy (non-hydrogen) atoms. The monoisotopic (exact) mass is 829 g/mol. The van der Waals surface area contributed by atoms with Crippen LogP contribution in [0.4, 0.5) is 65.1 Å². The van der Waals surface area contributed by atoms with Crippen LogP contribution in [0.3, 0.4) is 0 Å². The van der Waals surface area contributed by atoms with Gasteiger partial charge in [0.1, 0.15) is 52.4 Å². The van der Waals surface area contributed by atoms with Crippen molar-refractivity contribution >= 4 is 72.3 Å². The number of nitrogens with zero attached hydrogens (tertiary/aromatic N) is 6. The molecule has 6 aromatic rings. The Hall–Kier alpha value is -6.00. The summed E-state index contributed by atoms with van der Waals surface area (Å²) in [7, 11) is 0. The third-order valence-electron chi connectivity index (χ3n) is 6.79. The van der Waals surface area contributed by atoms with Crippen LogP contribution >= 0.6 is 0 Å². The van der Waals surface area contributed by atoms with E-state index in [1.165, 1.54) is 36.4 Å². The van der Waals surface area contributed by atoms with Gasteiger partial charge in [0.2, 0.25) is 0 Å². The number of halogens is 3. The summed E-state index contributed by atoms with van der Waals surface area (Å²) in [4.78, 5) is 43.7. The maximum atomic E-state index is 14.0. The summed E-state index contributed by atoms with van der Waals surface area (Å²) < 4.78 is 41.9. The second-order valence-electron chi connectivity index (χ2n) is 9.50. The average molecular weight is 829 g/mol. The molecule has 3 aromatic heterocycles. The van der Waals surface area contributed by atoms with E-state index in [-0.39, 0.29) is 38.5 Å². The van der Waals surface area contributed by atoms with Crippen molar-refractivity contribution in [1.29, 1.82) is 0 Å². The molecule has 0 atom stereocenters. The zero-order valence-corrected chi connectivity index (χ0v) is 28.2. The van der Waals surface area contributed by atoms with Gasteiger partial charge >= 0.3 is 0 Å². The molecule has 1 aliphatic heterocycles. The van der Waals surface area contributed by atoms with Crippen molar-refractivity contribution in [3.8, 4) is 0 Å². The van der Waals surface area contributed by atoms with Crippen LogP contribution in [0.2, 0.25) is 0 Å². The fraction of sp³-hybridized carbons (Fsp3) is 0. The van der Waals surface area contributed by atoms with E-state index in [1.807, 2.05) is 69.3 Å². The molecular formula is C36H24F3N6O3W-3. The molecule has 0 unspecified atom stereocenters. The van der Waals surface area contributed by atoms with Crippen molar-refractivity contribution in [2.75, 3.05) is 14.7 Å². The van der Waals surface area contributed by atoms with Crippen LogP contribution in [-0.4, -0.2) is 35.3 Å². The Morgan fingerprint density at radius 2 is 0.531 bits per heavy atom. The van der Waals surface area contributed by atoms with Crippen LogP contribution in [0.25, 0.3) is 0 Å². The van der Waals surface area contributed by atoms with Crippen LogP contribution < -0.4 is 14.7 Å². The number of benzene rings is 3. The molecule has 0 spiro atoms. The van der Waals surface area contributed by atoms with Gasteiger partial charge in [-0.1, -0.05) is 18.2 Å². The molecule has 0 aliphatic carbocycles. The number of hydrogen-bond acceptors (Lipinski definition) is 9. The molecule has 246 valence electrons. The summed E-state index contributed by atoms with van der Waals surface area (Å²) in [5.74, 6) is 1.98. The van der Waals surface area contributed by atoms with E-state index < -0.39 is 0 Å². The van der Waals surface area contributed by atoms with E-state index in [0.717, 1.165) is 0 Å². The summed E-state index contributed by atoms with van der Waals surface area (Å²) in [6.45, 7) is 9.75. The van der Waals surface area contributed by atoms with Crippen molar-refractivity contribution < 1.29 is 48.6 Å². The Labute approximate surface area is 294 Å². The van der Waals surface area contributed by atoms with E-state index in [2.05, 4.69) is 20.4 Å². The van der Waals surface area contributed by atoms with Crippen molar-refractivity contribution in [3.63, 3.8) is 0 Å². The van der Waals surface area contributed by atoms with Gasteiger partial charge in [0.05, 0.1) is 0 Å². The van der Waals surface area contributed by atoms with Crippen LogP contribution in [-0.2, 0) is 35.4 Å². The van der Waals surface area contributed by atoms with Gasteiger partial charge in [-0.05, 0) is 109 Å². The van der Waals surface area contributed by atoms with Crippen LogP contribution in [0.1, 0.15) is 0 Å². The van der Waals surface area contributed by atoms with Gasteiger partial charge in [-0.2, -0.15) is 0 Å². The summed E-state index contributed by atoms with van der Waals surface area (Å²) in [5.41, 5.74) is 1.92. The maximum absolute atomic E-state index is 14.0. The van der Waals surface area contributed by atoms with Gasteiger partial charge in [-0.15, -0.1) is 0 Å². The predicted molar refractivity (Wildman–Crippen MR) is 178 cm³/mol. The molecule has 0 saturated heterocycles. The normalized spacial score (nSPS) is 11.0. The van der Waals surface area contributed by atoms with E-state index in [1.54, 1.807) is 36.4 Å². The maximum Gasteiger partial charge on any atom is 0.141 e. The minimum Gasteiger partial charge on any atom is -0.545 e. The standard InChI is InChI=1S/C33H21F3N6.3CHO.W/c34-22-10-16-25(17-11-22)40-28-4-1-5-29(37-28)41(26-18-12-23(35)13-19-26)31-7-3-9-33(39-31)42(27-20-14-24(36)15-21-27)32-8-2-6-30(40)38-32;3*1-2;/h1-21H;3*1H;/q;3*-1;. The first-order valence-electron chi connectivity index (χ1n) is 13.8. The number of aromatic nitrogens is 3. The quantitative estimate of drug-likeness (QED) is 0.129. The second kappa shape index (κ2) is 17.8. The largest absolute Gasteiger partial charge is 0.545 e. The molecule has 13 heteroatoms. The van der Waals surface area contributed by atoms with Crippen molar-refractivity contribution in [2.24, 2.45) is 0 Å². The summed E-state index contributed by atoms with van der Waals surface area (Å²) in [6.07, 6.45) is 0.